The third kappa shape index (κ3) is 4.65. The molecular formula is C34H29FIrN4-2. The van der Waals surface area contributed by atoms with Gasteiger partial charge in [-0.1, -0.05) is 94.4 Å². The van der Waals surface area contributed by atoms with Crippen LogP contribution in [-0.2, 0) is 30.9 Å². The summed E-state index contributed by atoms with van der Waals surface area (Å²) in [7, 11) is 0. The van der Waals surface area contributed by atoms with Crippen molar-refractivity contribution in [2.24, 2.45) is 0 Å². The summed E-state index contributed by atoms with van der Waals surface area (Å²) in [5.74, 6) is -0.183. The predicted molar refractivity (Wildman–Crippen MR) is 155 cm³/mol. The first-order valence-electron chi connectivity index (χ1n) is 13.1. The van der Waals surface area contributed by atoms with Crippen molar-refractivity contribution in [2.75, 3.05) is 0 Å². The number of rotatable bonds is 1. The number of nitrogens with zero attached hydrogens (tertiary/aromatic N) is 4. The van der Waals surface area contributed by atoms with Gasteiger partial charge in [-0.25, -0.2) is 4.39 Å². The van der Waals surface area contributed by atoms with E-state index in [-0.39, 0.29) is 36.8 Å². The average molecular weight is 705 g/mol. The van der Waals surface area contributed by atoms with Gasteiger partial charge < -0.3 is 15.2 Å². The van der Waals surface area contributed by atoms with Crippen LogP contribution in [0.25, 0.3) is 44.2 Å². The number of benzene rings is 3. The minimum atomic E-state index is -0.382. The molecule has 203 valence electrons. The van der Waals surface area contributed by atoms with E-state index in [4.69, 9.17) is 0 Å². The molecule has 3 aromatic carbocycles. The minimum absolute atomic E-state index is 0. The van der Waals surface area contributed by atoms with Crippen LogP contribution in [0.1, 0.15) is 51.4 Å². The molecule has 1 aliphatic carbocycles. The van der Waals surface area contributed by atoms with Crippen LogP contribution in [0.2, 0.25) is 0 Å². The summed E-state index contributed by atoms with van der Waals surface area (Å²) in [5, 5.41) is 13.1. The molecule has 4 nitrogen and oxygen atoms in total. The van der Waals surface area contributed by atoms with Crippen molar-refractivity contribution >= 4 is 21.5 Å². The van der Waals surface area contributed by atoms with Gasteiger partial charge in [-0.2, -0.15) is 0 Å². The van der Waals surface area contributed by atoms with Crippen LogP contribution in [-0.4, -0.2) is 15.1 Å². The molecule has 40 heavy (non-hydrogen) atoms. The summed E-state index contributed by atoms with van der Waals surface area (Å²) in [4.78, 5) is 8.96. The molecule has 0 N–H and O–H groups in total. The first-order chi connectivity index (χ1) is 18.7. The molecule has 0 fully saturated rings. The zero-order valence-electron chi connectivity index (χ0n) is 23.1. The second-order valence-electron chi connectivity index (χ2n) is 11.5. The van der Waals surface area contributed by atoms with Crippen LogP contribution in [0.4, 0.5) is 4.39 Å². The molecule has 6 aromatic rings. The number of halogens is 1. The zero-order chi connectivity index (χ0) is 27.4. The fourth-order valence-electron chi connectivity index (χ4n) is 5.45. The molecule has 0 aliphatic heterocycles. The fourth-order valence-corrected chi connectivity index (χ4v) is 5.45. The first kappa shape index (κ1) is 27.8. The predicted octanol–water partition coefficient (Wildman–Crippen LogP) is 8.03. The first-order valence-corrected chi connectivity index (χ1v) is 13.1. The third-order valence-corrected chi connectivity index (χ3v) is 7.50. The van der Waals surface area contributed by atoms with Crippen LogP contribution in [0.5, 0.6) is 0 Å². The van der Waals surface area contributed by atoms with Crippen molar-refractivity contribution in [1.82, 2.24) is 20.2 Å². The van der Waals surface area contributed by atoms with Crippen molar-refractivity contribution in [3.63, 3.8) is 0 Å². The van der Waals surface area contributed by atoms with Gasteiger partial charge in [0.1, 0.15) is 0 Å². The Morgan fingerprint density at radius 1 is 0.850 bits per heavy atom. The van der Waals surface area contributed by atoms with Crippen molar-refractivity contribution < 1.29 is 24.5 Å². The minimum Gasteiger partial charge on any atom is -0.573 e. The Hall–Kier alpha value is -3.73. The maximum Gasteiger partial charge on any atom is 0.0572 e. The monoisotopic (exact) mass is 705 g/mol. The zero-order valence-corrected chi connectivity index (χ0v) is 25.5. The van der Waals surface area contributed by atoms with E-state index in [0.29, 0.717) is 5.56 Å². The van der Waals surface area contributed by atoms with E-state index in [0.717, 1.165) is 50.1 Å². The van der Waals surface area contributed by atoms with Crippen molar-refractivity contribution in [3.8, 4) is 22.6 Å². The smallest absolute Gasteiger partial charge is 0.0572 e. The van der Waals surface area contributed by atoms with Crippen molar-refractivity contribution in [2.45, 2.75) is 45.4 Å². The molecule has 1 aliphatic rings. The summed E-state index contributed by atoms with van der Waals surface area (Å²) in [6.07, 6.45) is 3.60. The van der Waals surface area contributed by atoms with Crippen molar-refractivity contribution in [1.29, 1.82) is 0 Å². The van der Waals surface area contributed by atoms with Crippen LogP contribution >= 0.6 is 0 Å². The Morgan fingerprint density at radius 2 is 1.55 bits per heavy atom. The van der Waals surface area contributed by atoms with Gasteiger partial charge in [0.15, 0.2) is 0 Å². The Bertz CT molecular complexity index is 1840. The number of hydrogen-bond acceptors (Lipinski definition) is 3. The average Bonchev–Trinajstić information content (AvgIpc) is 3.43. The summed E-state index contributed by atoms with van der Waals surface area (Å²) in [6, 6.07) is 26.7. The summed E-state index contributed by atoms with van der Waals surface area (Å²) in [6.45, 7) is 10.5. The maximum absolute atomic E-state index is 14.4. The number of hydrogen-bond donors (Lipinski definition) is 0. The topological polar surface area (TPSA) is 52.8 Å². The molecule has 0 atom stereocenters. The molecule has 1 radical (unpaired) electrons. The van der Waals surface area contributed by atoms with Crippen LogP contribution in [0.15, 0.2) is 85.2 Å². The molecule has 0 unspecified atom stereocenters. The van der Waals surface area contributed by atoms with Crippen LogP contribution in [0.3, 0.4) is 0 Å². The molecule has 3 heterocycles. The molecule has 0 saturated heterocycles. The number of fused-ring (bicyclic) bond motifs is 3. The van der Waals surface area contributed by atoms with Gasteiger partial charge in [0.25, 0.3) is 0 Å². The van der Waals surface area contributed by atoms with Gasteiger partial charge in [-0.3, -0.25) is 4.98 Å². The molecule has 0 bridgehead atoms. The Kier molecular flexibility index (Phi) is 7.20. The van der Waals surface area contributed by atoms with E-state index in [9.17, 15) is 4.39 Å². The Balaban J connectivity index is 0.000000158. The molecule has 6 heteroatoms. The number of aromatic nitrogens is 4. The van der Waals surface area contributed by atoms with Gasteiger partial charge in [-0.05, 0) is 45.0 Å². The normalized spacial score (nSPS) is 13.2. The largest absolute Gasteiger partial charge is 0.573 e. The molecule has 3 aromatic heterocycles. The van der Waals surface area contributed by atoms with E-state index in [1.54, 1.807) is 12.3 Å². The summed E-state index contributed by atoms with van der Waals surface area (Å²) >= 11 is 0. The van der Waals surface area contributed by atoms with Gasteiger partial charge >= 0.3 is 0 Å². The van der Waals surface area contributed by atoms with Crippen LogP contribution < -0.4 is 5.10 Å². The molecule has 0 saturated carbocycles. The van der Waals surface area contributed by atoms with E-state index in [2.05, 4.69) is 85.1 Å². The van der Waals surface area contributed by atoms with Gasteiger partial charge in [0, 0.05) is 54.8 Å². The summed E-state index contributed by atoms with van der Waals surface area (Å²) < 4.78 is 14.4. The third-order valence-electron chi connectivity index (χ3n) is 7.50. The standard InChI is InChI=1S/C18H13FN.C16H16N3.Ir/c1-18(2)13-7-3-5-11-9-10-20-17(15(11)13)12-6-4-8-14(19)16(12)18;1-16(2,3)14-10-13(18-19-14)15-12-7-5-4-6-11(12)8-9-17-15;/h3-5,7-10H,1-2H3;4-10H,1-3H3;/q2*-1;. The van der Waals surface area contributed by atoms with Crippen molar-refractivity contribution in [3.05, 3.63) is 114 Å². The molecule has 0 spiro atoms. The molecular weight excluding hydrogens is 676 g/mol. The van der Waals surface area contributed by atoms with Gasteiger partial charge in [0.2, 0.25) is 0 Å². The quantitative estimate of drug-likeness (QED) is 0.163. The fraction of sp³-hybridized carbons (Fsp3) is 0.206. The van der Waals surface area contributed by atoms with Gasteiger partial charge in [-0.15, -0.1) is 23.8 Å². The van der Waals surface area contributed by atoms with Gasteiger partial charge in [0.05, 0.1) is 5.69 Å². The molecule has 0 amide bonds. The SMILES string of the molecule is CC(C)(C)c1cc(-c2nccc3ccccc23)[n-]n1.CC1(C)c2c([c-]ccc2F)-c2nccc3cccc1c23.[Ir]. The van der Waals surface area contributed by atoms with E-state index >= 15 is 0 Å². The van der Waals surface area contributed by atoms with E-state index < -0.39 is 0 Å². The second kappa shape index (κ2) is 10.3. The summed E-state index contributed by atoms with van der Waals surface area (Å²) in [5.41, 5.74) is 5.83. The molecule has 7 rings (SSSR count). The van der Waals surface area contributed by atoms with E-state index in [1.165, 1.54) is 11.5 Å². The van der Waals surface area contributed by atoms with Crippen LogP contribution in [0, 0.1) is 11.9 Å². The maximum atomic E-state index is 14.4. The number of pyridine rings is 2. The Morgan fingerprint density at radius 3 is 2.30 bits per heavy atom. The second-order valence-corrected chi connectivity index (χ2v) is 11.5. The Labute approximate surface area is 247 Å². The van der Waals surface area contributed by atoms with E-state index in [1.807, 2.05) is 42.6 Å².